The minimum atomic E-state index is -0.697. The summed E-state index contributed by atoms with van der Waals surface area (Å²) < 4.78 is 0. The minimum absolute atomic E-state index is 0.211. The number of aromatic hydroxyl groups is 1. The molecule has 15 heavy (non-hydrogen) atoms. The van der Waals surface area contributed by atoms with Crippen LogP contribution >= 0.6 is 0 Å². The molecule has 1 saturated carbocycles. The number of phenols is 1. The quantitative estimate of drug-likeness (QED) is 0.781. The molecule has 0 bridgehead atoms. The molecule has 1 aromatic carbocycles. The minimum Gasteiger partial charge on any atom is -0.508 e. The van der Waals surface area contributed by atoms with Crippen molar-refractivity contribution in [1.29, 1.82) is 0 Å². The average molecular weight is 206 g/mol. The zero-order chi connectivity index (χ0) is 10.8. The molecular weight excluding hydrogens is 192 g/mol. The molecule has 80 valence electrons. The van der Waals surface area contributed by atoms with Gasteiger partial charge in [-0.1, -0.05) is 12.1 Å². The van der Waals surface area contributed by atoms with Crippen molar-refractivity contribution >= 4 is 5.97 Å². The molecule has 0 aliphatic heterocycles. The molecule has 2 rings (SSSR count). The van der Waals surface area contributed by atoms with Gasteiger partial charge in [0.25, 0.3) is 0 Å². The molecule has 1 aliphatic carbocycles. The fourth-order valence-corrected chi connectivity index (χ4v) is 2.29. The second-order valence-electron chi connectivity index (χ2n) is 4.14. The van der Waals surface area contributed by atoms with E-state index in [2.05, 4.69) is 0 Å². The average Bonchev–Trinajstić information content (AvgIpc) is 2.66. The lowest BCUT2D eigenvalue weighted by atomic mass is 9.96. The molecular formula is C12H14O3. The summed E-state index contributed by atoms with van der Waals surface area (Å²) in [5.74, 6) is -0.362. The van der Waals surface area contributed by atoms with Crippen LogP contribution in [0.3, 0.4) is 0 Å². The van der Waals surface area contributed by atoms with E-state index in [4.69, 9.17) is 5.11 Å². The monoisotopic (exact) mass is 206 g/mol. The summed E-state index contributed by atoms with van der Waals surface area (Å²) in [5, 5.41) is 18.2. The van der Waals surface area contributed by atoms with Gasteiger partial charge in [-0.05, 0) is 42.9 Å². The highest BCUT2D eigenvalue weighted by Crippen LogP contribution is 2.38. The van der Waals surface area contributed by atoms with Crippen LogP contribution in [0.15, 0.2) is 24.3 Å². The second kappa shape index (κ2) is 3.93. The third-order valence-corrected chi connectivity index (χ3v) is 3.12. The highest BCUT2D eigenvalue weighted by Gasteiger charge is 2.30. The van der Waals surface area contributed by atoms with E-state index in [-0.39, 0.29) is 17.6 Å². The van der Waals surface area contributed by atoms with Gasteiger partial charge in [-0.3, -0.25) is 4.79 Å². The Hall–Kier alpha value is -1.51. The summed E-state index contributed by atoms with van der Waals surface area (Å²) in [5.41, 5.74) is 1.05. The Kier molecular flexibility index (Phi) is 2.62. The number of carboxylic acid groups (broad SMARTS) is 1. The first-order valence-electron chi connectivity index (χ1n) is 5.18. The fourth-order valence-electron chi connectivity index (χ4n) is 2.29. The van der Waals surface area contributed by atoms with E-state index in [9.17, 15) is 9.90 Å². The van der Waals surface area contributed by atoms with E-state index >= 15 is 0 Å². The number of rotatable bonds is 2. The smallest absolute Gasteiger partial charge is 0.306 e. The van der Waals surface area contributed by atoms with Crippen LogP contribution in [0.5, 0.6) is 5.75 Å². The van der Waals surface area contributed by atoms with Gasteiger partial charge in [0.05, 0.1) is 5.92 Å². The Morgan fingerprint density at radius 1 is 1.33 bits per heavy atom. The van der Waals surface area contributed by atoms with Gasteiger partial charge in [0.1, 0.15) is 5.75 Å². The van der Waals surface area contributed by atoms with Gasteiger partial charge < -0.3 is 10.2 Å². The zero-order valence-corrected chi connectivity index (χ0v) is 8.39. The standard InChI is InChI=1S/C12H14O3/c13-11-3-1-2-8(7-11)9-4-5-10(6-9)12(14)15/h1-3,7,9-10,13H,4-6H2,(H,14,15). The van der Waals surface area contributed by atoms with Crippen molar-refractivity contribution < 1.29 is 15.0 Å². The molecule has 1 aromatic rings. The Bertz CT molecular complexity index is 373. The number of aliphatic carboxylic acids is 1. The summed E-state index contributed by atoms with van der Waals surface area (Å²) in [6.07, 6.45) is 2.34. The Morgan fingerprint density at radius 3 is 2.73 bits per heavy atom. The largest absolute Gasteiger partial charge is 0.508 e. The molecule has 3 nitrogen and oxygen atoms in total. The third kappa shape index (κ3) is 2.12. The second-order valence-corrected chi connectivity index (χ2v) is 4.14. The van der Waals surface area contributed by atoms with Crippen molar-refractivity contribution in [3.63, 3.8) is 0 Å². The first-order chi connectivity index (χ1) is 7.16. The van der Waals surface area contributed by atoms with E-state index in [0.717, 1.165) is 18.4 Å². The molecule has 0 radical (unpaired) electrons. The lowest BCUT2D eigenvalue weighted by Crippen LogP contribution is -2.09. The van der Waals surface area contributed by atoms with Crippen LogP contribution in [0.1, 0.15) is 30.7 Å². The first kappa shape index (κ1) is 10.0. The van der Waals surface area contributed by atoms with Crippen molar-refractivity contribution in [3.05, 3.63) is 29.8 Å². The van der Waals surface area contributed by atoms with E-state index in [1.807, 2.05) is 6.07 Å². The van der Waals surface area contributed by atoms with Crippen LogP contribution in [0, 0.1) is 5.92 Å². The number of benzene rings is 1. The van der Waals surface area contributed by atoms with Crippen LogP contribution in [-0.2, 0) is 4.79 Å². The van der Waals surface area contributed by atoms with Gasteiger partial charge in [0.2, 0.25) is 0 Å². The summed E-state index contributed by atoms with van der Waals surface area (Å²) >= 11 is 0. The normalized spacial score (nSPS) is 25.3. The molecule has 3 heteroatoms. The maximum atomic E-state index is 10.8. The number of hydrogen-bond donors (Lipinski definition) is 2. The molecule has 2 N–H and O–H groups in total. The SMILES string of the molecule is O=C(O)C1CCC(c2cccc(O)c2)C1. The van der Waals surface area contributed by atoms with Crippen molar-refractivity contribution in [2.24, 2.45) is 5.92 Å². The van der Waals surface area contributed by atoms with E-state index in [1.165, 1.54) is 0 Å². The van der Waals surface area contributed by atoms with Crippen molar-refractivity contribution in [1.82, 2.24) is 0 Å². The van der Waals surface area contributed by atoms with Gasteiger partial charge in [-0.15, -0.1) is 0 Å². The predicted octanol–water partition coefficient (Wildman–Crippen LogP) is 2.36. The summed E-state index contributed by atoms with van der Waals surface area (Å²) in [4.78, 5) is 10.8. The van der Waals surface area contributed by atoms with Gasteiger partial charge in [0, 0.05) is 0 Å². The lowest BCUT2D eigenvalue weighted by molar-refractivity contribution is -0.141. The Labute approximate surface area is 88.4 Å². The van der Waals surface area contributed by atoms with Gasteiger partial charge in [0.15, 0.2) is 0 Å². The topological polar surface area (TPSA) is 57.5 Å². The highest BCUT2D eigenvalue weighted by molar-refractivity contribution is 5.70. The zero-order valence-electron chi connectivity index (χ0n) is 8.39. The maximum Gasteiger partial charge on any atom is 0.306 e. The summed E-state index contributed by atoms with van der Waals surface area (Å²) in [6.45, 7) is 0. The summed E-state index contributed by atoms with van der Waals surface area (Å²) in [6, 6.07) is 7.12. The molecule has 2 unspecified atom stereocenters. The lowest BCUT2D eigenvalue weighted by Gasteiger charge is -2.09. The first-order valence-corrected chi connectivity index (χ1v) is 5.18. The van der Waals surface area contributed by atoms with Crippen molar-refractivity contribution in [2.45, 2.75) is 25.2 Å². The number of hydrogen-bond acceptors (Lipinski definition) is 2. The van der Waals surface area contributed by atoms with E-state index in [0.29, 0.717) is 6.42 Å². The predicted molar refractivity (Wildman–Crippen MR) is 55.8 cm³/mol. The maximum absolute atomic E-state index is 10.8. The molecule has 0 heterocycles. The number of carbonyl (C=O) groups is 1. The molecule has 1 aliphatic rings. The van der Waals surface area contributed by atoms with E-state index < -0.39 is 5.97 Å². The van der Waals surface area contributed by atoms with Gasteiger partial charge in [-0.2, -0.15) is 0 Å². The highest BCUT2D eigenvalue weighted by atomic mass is 16.4. The van der Waals surface area contributed by atoms with Crippen LogP contribution < -0.4 is 0 Å². The molecule has 0 amide bonds. The fraction of sp³-hybridized carbons (Fsp3) is 0.417. The summed E-state index contributed by atoms with van der Waals surface area (Å²) in [7, 11) is 0. The van der Waals surface area contributed by atoms with Crippen LogP contribution in [0.25, 0.3) is 0 Å². The molecule has 0 spiro atoms. The molecule has 2 atom stereocenters. The van der Waals surface area contributed by atoms with Crippen LogP contribution in [0.2, 0.25) is 0 Å². The van der Waals surface area contributed by atoms with Gasteiger partial charge >= 0.3 is 5.97 Å². The number of phenolic OH excluding ortho intramolecular Hbond substituents is 1. The van der Waals surface area contributed by atoms with Crippen molar-refractivity contribution in [2.75, 3.05) is 0 Å². The van der Waals surface area contributed by atoms with Crippen molar-refractivity contribution in [3.8, 4) is 5.75 Å². The molecule has 1 fully saturated rings. The number of carboxylic acids is 1. The third-order valence-electron chi connectivity index (χ3n) is 3.12. The van der Waals surface area contributed by atoms with Gasteiger partial charge in [-0.25, -0.2) is 0 Å². The van der Waals surface area contributed by atoms with Crippen LogP contribution in [-0.4, -0.2) is 16.2 Å². The van der Waals surface area contributed by atoms with Crippen LogP contribution in [0.4, 0.5) is 0 Å². The van der Waals surface area contributed by atoms with E-state index in [1.54, 1.807) is 18.2 Å². The molecule has 0 aromatic heterocycles. The Balaban J connectivity index is 2.11. The molecule has 0 saturated heterocycles. The Morgan fingerprint density at radius 2 is 2.13 bits per heavy atom.